The van der Waals surface area contributed by atoms with Crippen molar-refractivity contribution < 1.29 is 27.6 Å². The molecule has 0 aromatic rings. The van der Waals surface area contributed by atoms with E-state index in [-0.39, 0.29) is 19.8 Å². The summed E-state index contributed by atoms with van der Waals surface area (Å²) in [5, 5.41) is 18.0. The first-order valence-electron chi connectivity index (χ1n) is 7.25. The van der Waals surface area contributed by atoms with Gasteiger partial charge in [0.15, 0.2) is 0 Å². The van der Waals surface area contributed by atoms with Crippen molar-refractivity contribution in [1.82, 2.24) is 0 Å². The molecule has 0 heterocycles. The van der Waals surface area contributed by atoms with E-state index in [0.717, 1.165) is 12.8 Å². The Bertz CT molecular complexity index is 304. The van der Waals surface area contributed by atoms with E-state index < -0.39 is 22.0 Å². The van der Waals surface area contributed by atoms with Crippen LogP contribution in [0, 0.1) is 0 Å². The normalized spacial score (nSPS) is 13.6. The van der Waals surface area contributed by atoms with Crippen molar-refractivity contribution >= 4 is 10.1 Å². The summed E-state index contributed by atoms with van der Waals surface area (Å²) in [6.45, 7) is 2.03. The third-order valence-electron chi connectivity index (χ3n) is 2.70. The van der Waals surface area contributed by atoms with Crippen LogP contribution in [0.4, 0.5) is 0 Å². The fraction of sp³-hybridized carbons (Fsp3) is 1.00. The lowest BCUT2D eigenvalue weighted by Gasteiger charge is -2.11. The minimum Gasteiger partial charge on any atom is -0.394 e. The Kier molecular flexibility index (Phi) is 12.4. The zero-order chi connectivity index (χ0) is 15.3. The third kappa shape index (κ3) is 12.8. The largest absolute Gasteiger partial charge is 0.394 e. The van der Waals surface area contributed by atoms with Crippen LogP contribution >= 0.6 is 0 Å². The Hall–Kier alpha value is -0.210. The summed E-state index contributed by atoms with van der Waals surface area (Å²) in [5.74, 6) is -0.510. The number of unbranched alkanes of at least 4 members (excludes halogenated alkanes) is 5. The molecule has 0 amide bonds. The van der Waals surface area contributed by atoms with E-state index in [9.17, 15) is 13.5 Å². The Morgan fingerprint density at radius 1 is 1.05 bits per heavy atom. The molecule has 6 nitrogen and oxygen atoms in total. The lowest BCUT2D eigenvalue weighted by molar-refractivity contribution is 0.0447. The van der Waals surface area contributed by atoms with Crippen molar-refractivity contribution in [2.75, 3.05) is 32.2 Å². The van der Waals surface area contributed by atoms with Crippen molar-refractivity contribution in [3.8, 4) is 0 Å². The van der Waals surface area contributed by atoms with Crippen molar-refractivity contribution in [3.63, 3.8) is 0 Å². The lowest BCUT2D eigenvalue weighted by Crippen LogP contribution is -2.27. The van der Waals surface area contributed by atoms with Gasteiger partial charge in [0, 0.05) is 6.61 Å². The summed E-state index contributed by atoms with van der Waals surface area (Å²) in [7, 11) is -3.79. The van der Waals surface area contributed by atoms with Crippen LogP contribution in [0.25, 0.3) is 0 Å². The fourth-order valence-electron chi connectivity index (χ4n) is 1.70. The highest BCUT2D eigenvalue weighted by Gasteiger charge is 2.17. The predicted octanol–water partition coefficient (Wildman–Crippen LogP) is 1.06. The Morgan fingerprint density at radius 3 is 2.35 bits per heavy atom. The summed E-state index contributed by atoms with van der Waals surface area (Å²) < 4.78 is 32.2. The van der Waals surface area contributed by atoms with E-state index in [2.05, 4.69) is 11.1 Å². The maximum atomic E-state index is 11.3. The SMILES string of the molecule is CCCCCCCCOCC(O)CS(=O)(=O)OCCO. The molecule has 2 N–H and O–H groups in total. The van der Waals surface area contributed by atoms with Gasteiger partial charge in [0.05, 0.1) is 25.9 Å². The molecule has 0 aliphatic heterocycles. The zero-order valence-corrected chi connectivity index (χ0v) is 13.1. The maximum absolute atomic E-state index is 11.3. The molecule has 20 heavy (non-hydrogen) atoms. The first-order valence-corrected chi connectivity index (χ1v) is 8.83. The highest BCUT2D eigenvalue weighted by molar-refractivity contribution is 7.86. The second-order valence-electron chi connectivity index (χ2n) is 4.77. The van der Waals surface area contributed by atoms with Crippen LogP contribution in [0.1, 0.15) is 45.4 Å². The number of aliphatic hydroxyl groups excluding tert-OH is 2. The maximum Gasteiger partial charge on any atom is 0.270 e. The summed E-state index contributed by atoms with van der Waals surface area (Å²) >= 11 is 0. The van der Waals surface area contributed by atoms with Gasteiger partial charge in [-0.3, -0.25) is 4.18 Å². The third-order valence-corrected chi connectivity index (χ3v) is 4.02. The Morgan fingerprint density at radius 2 is 1.70 bits per heavy atom. The average Bonchev–Trinajstić information content (AvgIpc) is 2.39. The van der Waals surface area contributed by atoms with Gasteiger partial charge in [0.25, 0.3) is 10.1 Å². The molecule has 0 aliphatic carbocycles. The van der Waals surface area contributed by atoms with Crippen LogP contribution in [-0.4, -0.2) is 56.9 Å². The van der Waals surface area contributed by atoms with Crippen molar-refractivity contribution in [3.05, 3.63) is 0 Å². The second kappa shape index (κ2) is 12.5. The van der Waals surface area contributed by atoms with Crippen molar-refractivity contribution in [1.29, 1.82) is 0 Å². The molecule has 0 saturated carbocycles. The van der Waals surface area contributed by atoms with Gasteiger partial charge in [0.1, 0.15) is 5.75 Å². The fourth-order valence-corrected chi connectivity index (χ4v) is 2.69. The smallest absolute Gasteiger partial charge is 0.270 e. The molecular weight excluding hydrogens is 284 g/mol. The number of ether oxygens (including phenoxy) is 1. The first kappa shape index (κ1) is 19.8. The van der Waals surface area contributed by atoms with Crippen LogP contribution < -0.4 is 0 Å². The van der Waals surface area contributed by atoms with Crippen LogP contribution in [0.15, 0.2) is 0 Å². The summed E-state index contributed by atoms with van der Waals surface area (Å²) in [5.41, 5.74) is 0. The Labute approximate surface area is 122 Å². The quantitative estimate of drug-likeness (QED) is 0.368. The lowest BCUT2D eigenvalue weighted by atomic mass is 10.1. The van der Waals surface area contributed by atoms with E-state index in [1.54, 1.807) is 0 Å². The molecular formula is C13H28O6S. The van der Waals surface area contributed by atoms with Gasteiger partial charge < -0.3 is 14.9 Å². The first-order chi connectivity index (χ1) is 9.52. The van der Waals surface area contributed by atoms with E-state index in [1.807, 2.05) is 0 Å². The molecule has 0 fully saturated rings. The highest BCUT2D eigenvalue weighted by Crippen LogP contribution is 2.05. The Balaban J connectivity index is 3.51. The van der Waals surface area contributed by atoms with Crippen LogP contribution in [0.2, 0.25) is 0 Å². The molecule has 0 aliphatic rings. The molecule has 0 spiro atoms. The minimum absolute atomic E-state index is 0.0172. The van der Waals surface area contributed by atoms with Gasteiger partial charge >= 0.3 is 0 Å². The zero-order valence-electron chi connectivity index (χ0n) is 12.3. The number of aliphatic hydroxyl groups is 2. The average molecular weight is 312 g/mol. The van der Waals surface area contributed by atoms with Gasteiger partial charge in [0.2, 0.25) is 0 Å². The van der Waals surface area contributed by atoms with Crippen LogP contribution in [0.5, 0.6) is 0 Å². The van der Waals surface area contributed by atoms with Crippen LogP contribution in [0.3, 0.4) is 0 Å². The summed E-state index contributed by atoms with van der Waals surface area (Å²) in [6, 6.07) is 0. The molecule has 122 valence electrons. The summed E-state index contributed by atoms with van der Waals surface area (Å²) in [4.78, 5) is 0. The minimum atomic E-state index is -3.79. The standard InChI is InChI=1S/C13H28O6S/c1-2-3-4-5-6-7-9-18-11-13(15)12-20(16,17)19-10-8-14/h13-15H,2-12H2,1H3. The predicted molar refractivity (Wildman–Crippen MR) is 77.0 cm³/mol. The van der Waals surface area contributed by atoms with Crippen molar-refractivity contribution in [2.24, 2.45) is 0 Å². The molecule has 0 radical (unpaired) electrons. The molecule has 1 unspecified atom stereocenters. The number of hydrogen-bond donors (Lipinski definition) is 2. The monoisotopic (exact) mass is 312 g/mol. The molecule has 0 bridgehead atoms. The molecule has 0 saturated heterocycles. The molecule has 0 aromatic heterocycles. The van der Waals surface area contributed by atoms with Crippen molar-refractivity contribution in [2.45, 2.75) is 51.6 Å². The molecule has 0 aromatic carbocycles. The molecule has 0 rings (SSSR count). The number of rotatable bonds is 14. The molecule has 1 atom stereocenters. The van der Waals surface area contributed by atoms with Gasteiger partial charge in [-0.05, 0) is 6.42 Å². The van der Waals surface area contributed by atoms with Gasteiger partial charge in [-0.25, -0.2) is 0 Å². The van der Waals surface area contributed by atoms with Gasteiger partial charge in [-0.1, -0.05) is 39.0 Å². The van der Waals surface area contributed by atoms with Gasteiger partial charge in [-0.2, -0.15) is 8.42 Å². The van der Waals surface area contributed by atoms with E-state index in [4.69, 9.17) is 9.84 Å². The van der Waals surface area contributed by atoms with E-state index in [1.165, 1.54) is 25.7 Å². The van der Waals surface area contributed by atoms with Crippen LogP contribution in [-0.2, 0) is 19.0 Å². The van der Waals surface area contributed by atoms with Gasteiger partial charge in [-0.15, -0.1) is 0 Å². The van der Waals surface area contributed by atoms with E-state index in [0.29, 0.717) is 6.61 Å². The van der Waals surface area contributed by atoms with E-state index >= 15 is 0 Å². The highest BCUT2D eigenvalue weighted by atomic mass is 32.2. The number of hydrogen-bond acceptors (Lipinski definition) is 6. The topological polar surface area (TPSA) is 93.1 Å². The second-order valence-corrected chi connectivity index (χ2v) is 6.45. The summed E-state index contributed by atoms with van der Waals surface area (Å²) in [6.07, 6.45) is 5.81. The molecule has 7 heteroatoms.